The van der Waals surface area contributed by atoms with Crippen LogP contribution in [0.15, 0.2) is 51.5 Å². The van der Waals surface area contributed by atoms with Crippen LogP contribution in [0.2, 0.25) is 10.0 Å². The van der Waals surface area contributed by atoms with Gasteiger partial charge in [-0.3, -0.25) is 9.69 Å². The zero-order chi connectivity index (χ0) is 21.1. The number of anilines is 1. The van der Waals surface area contributed by atoms with Crippen molar-refractivity contribution < 1.29 is 9.32 Å². The predicted octanol–water partition coefficient (Wildman–Crippen LogP) is 5.66. The third-order valence-electron chi connectivity index (χ3n) is 4.99. The highest BCUT2D eigenvalue weighted by Crippen LogP contribution is 2.27. The number of hydrogen-bond acceptors (Lipinski definition) is 5. The Balaban J connectivity index is 1.37. The summed E-state index contributed by atoms with van der Waals surface area (Å²) in [5, 5.41) is 7.94. The summed E-state index contributed by atoms with van der Waals surface area (Å²) in [5.74, 6) is 0.903. The highest BCUT2D eigenvalue weighted by Gasteiger charge is 2.27. The van der Waals surface area contributed by atoms with E-state index >= 15 is 0 Å². The Hall–Kier alpha value is -1.93. The molecule has 4 rings (SSSR count). The largest absolute Gasteiger partial charge is 0.338 e. The minimum absolute atomic E-state index is 0.0509. The molecule has 1 amide bonds. The van der Waals surface area contributed by atoms with Crippen LogP contribution in [0.4, 0.5) is 5.69 Å². The molecular weight excluding hydrogens is 491 g/mol. The van der Waals surface area contributed by atoms with Gasteiger partial charge in [0.2, 0.25) is 17.6 Å². The second-order valence-corrected chi connectivity index (χ2v) is 8.97. The zero-order valence-corrected chi connectivity index (χ0v) is 19.0. The first-order chi connectivity index (χ1) is 14.5. The number of piperidine rings is 1. The number of benzene rings is 2. The Morgan fingerprint density at radius 2 is 2.03 bits per heavy atom. The highest BCUT2D eigenvalue weighted by atomic mass is 79.9. The summed E-state index contributed by atoms with van der Waals surface area (Å²) >= 11 is 15.5. The molecule has 9 heteroatoms. The molecule has 0 bridgehead atoms. The van der Waals surface area contributed by atoms with Crippen LogP contribution < -0.4 is 5.32 Å². The molecule has 1 saturated heterocycles. The molecule has 0 saturated carbocycles. The van der Waals surface area contributed by atoms with Gasteiger partial charge >= 0.3 is 0 Å². The van der Waals surface area contributed by atoms with E-state index in [0.717, 1.165) is 29.4 Å². The number of nitrogens with one attached hydrogen (secondary N) is 1. The molecule has 2 aromatic carbocycles. The molecule has 0 aliphatic carbocycles. The SMILES string of the molecule is O=C(Nc1ccc(Cl)cc1Cl)C1CCCN(Cc2nc(-c3ccc(Br)cc3)no2)C1. The van der Waals surface area contributed by atoms with E-state index in [9.17, 15) is 4.79 Å². The molecule has 1 aliphatic rings. The van der Waals surface area contributed by atoms with Crippen LogP contribution in [0.1, 0.15) is 18.7 Å². The second kappa shape index (κ2) is 9.47. The van der Waals surface area contributed by atoms with E-state index in [-0.39, 0.29) is 11.8 Å². The van der Waals surface area contributed by atoms with E-state index in [1.807, 2.05) is 24.3 Å². The van der Waals surface area contributed by atoms with Crippen LogP contribution in [-0.2, 0) is 11.3 Å². The molecule has 156 valence electrons. The van der Waals surface area contributed by atoms with E-state index < -0.39 is 0 Å². The van der Waals surface area contributed by atoms with Crippen molar-refractivity contribution in [3.05, 3.63) is 62.9 Å². The van der Waals surface area contributed by atoms with Gasteiger partial charge in [0.15, 0.2) is 0 Å². The number of likely N-dealkylation sites (tertiary alicyclic amines) is 1. The van der Waals surface area contributed by atoms with Crippen LogP contribution in [0.3, 0.4) is 0 Å². The topological polar surface area (TPSA) is 71.3 Å². The Labute approximate surface area is 192 Å². The molecule has 1 aliphatic heterocycles. The molecule has 1 unspecified atom stereocenters. The summed E-state index contributed by atoms with van der Waals surface area (Å²) in [7, 11) is 0. The van der Waals surface area contributed by atoms with E-state index in [4.69, 9.17) is 27.7 Å². The number of carbonyl (C=O) groups is 1. The van der Waals surface area contributed by atoms with E-state index in [1.165, 1.54) is 0 Å². The minimum atomic E-state index is -0.139. The van der Waals surface area contributed by atoms with Gasteiger partial charge in [0.1, 0.15) is 0 Å². The molecule has 30 heavy (non-hydrogen) atoms. The number of amides is 1. The molecular formula is C21H19BrCl2N4O2. The fourth-order valence-corrected chi connectivity index (χ4v) is 4.19. The summed E-state index contributed by atoms with van der Waals surface area (Å²) in [4.78, 5) is 19.4. The lowest BCUT2D eigenvalue weighted by molar-refractivity contribution is -0.121. The quantitative estimate of drug-likeness (QED) is 0.480. The van der Waals surface area contributed by atoms with Gasteiger partial charge in [0.05, 0.1) is 23.2 Å². The van der Waals surface area contributed by atoms with Crippen molar-refractivity contribution in [2.45, 2.75) is 19.4 Å². The molecule has 0 radical (unpaired) electrons. The maximum Gasteiger partial charge on any atom is 0.241 e. The van der Waals surface area contributed by atoms with Gasteiger partial charge in [0, 0.05) is 21.6 Å². The molecule has 1 fully saturated rings. The summed E-state index contributed by atoms with van der Waals surface area (Å²) in [6, 6.07) is 12.8. The highest BCUT2D eigenvalue weighted by molar-refractivity contribution is 9.10. The third kappa shape index (κ3) is 5.21. The molecule has 2 heterocycles. The Bertz CT molecular complexity index is 1040. The molecule has 3 aromatic rings. The van der Waals surface area contributed by atoms with Crippen molar-refractivity contribution in [2.75, 3.05) is 18.4 Å². The molecule has 1 N–H and O–H groups in total. The van der Waals surface area contributed by atoms with Crippen LogP contribution in [0, 0.1) is 5.92 Å². The lowest BCUT2D eigenvalue weighted by Gasteiger charge is -2.30. The van der Waals surface area contributed by atoms with Crippen molar-refractivity contribution in [1.82, 2.24) is 15.0 Å². The number of aromatic nitrogens is 2. The smallest absolute Gasteiger partial charge is 0.241 e. The number of rotatable bonds is 5. The average Bonchev–Trinajstić information content (AvgIpc) is 3.19. The summed E-state index contributed by atoms with van der Waals surface area (Å²) in [6.07, 6.45) is 1.74. The number of hydrogen-bond donors (Lipinski definition) is 1. The van der Waals surface area contributed by atoms with Gasteiger partial charge in [-0.25, -0.2) is 0 Å². The standard InChI is InChI=1S/C21H19BrCl2N4O2/c22-15-5-3-13(4-6-15)20-26-19(30-27-20)12-28-9-1-2-14(11-28)21(29)25-18-8-7-16(23)10-17(18)24/h3-8,10,14H,1-2,9,11-12H2,(H,25,29). The van der Waals surface area contributed by atoms with Gasteiger partial charge in [-0.2, -0.15) is 4.98 Å². The van der Waals surface area contributed by atoms with Crippen LogP contribution in [0.5, 0.6) is 0 Å². The lowest BCUT2D eigenvalue weighted by Crippen LogP contribution is -2.40. The normalized spacial score (nSPS) is 17.1. The second-order valence-electron chi connectivity index (χ2n) is 7.21. The van der Waals surface area contributed by atoms with E-state index in [1.54, 1.807) is 18.2 Å². The first-order valence-electron chi connectivity index (χ1n) is 9.55. The molecule has 1 aromatic heterocycles. The zero-order valence-electron chi connectivity index (χ0n) is 15.9. The van der Waals surface area contributed by atoms with Gasteiger partial charge in [0.25, 0.3) is 0 Å². The fraction of sp³-hybridized carbons (Fsp3) is 0.286. The Morgan fingerprint density at radius 3 is 2.80 bits per heavy atom. The number of halogens is 3. The van der Waals surface area contributed by atoms with Crippen molar-refractivity contribution >= 4 is 50.7 Å². The van der Waals surface area contributed by atoms with Crippen LogP contribution in [0.25, 0.3) is 11.4 Å². The lowest BCUT2D eigenvalue weighted by atomic mass is 9.97. The van der Waals surface area contributed by atoms with Gasteiger partial charge in [-0.1, -0.05) is 44.3 Å². The Kier molecular flexibility index (Phi) is 6.73. The van der Waals surface area contributed by atoms with Gasteiger partial charge in [-0.15, -0.1) is 0 Å². The van der Waals surface area contributed by atoms with E-state index in [0.29, 0.717) is 40.5 Å². The predicted molar refractivity (Wildman–Crippen MR) is 121 cm³/mol. The summed E-state index contributed by atoms with van der Waals surface area (Å²) < 4.78 is 6.42. The molecule has 1 atom stereocenters. The van der Waals surface area contributed by atoms with Crippen molar-refractivity contribution in [1.29, 1.82) is 0 Å². The summed E-state index contributed by atoms with van der Waals surface area (Å²) in [6.45, 7) is 2.00. The Morgan fingerprint density at radius 1 is 1.23 bits per heavy atom. The number of carbonyl (C=O) groups excluding carboxylic acids is 1. The maximum atomic E-state index is 12.7. The van der Waals surface area contributed by atoms with E-state index in [2.05, 4.69) is 36.3 Å². The monoisotopic (exact) mass is 508 g/mol. The van der Waals surface area contributed by atoms with Crippen molar-refractivity contribution in [2.24, 2.45) is 5.92 Å². The van der Waals surface area contributed by atoms with Crippen LogP contribution >= 0.6 is 39.1 Å². The molecule has 0 spiro atoms. The maximum absolute atomic E-state index is 12.7. The van der Waals surface area contributed by atoms with Crippen molar-refractivity contribution in [3.63, 3.8) is 0 Å². The number of nitrogens with zero attached hydrogens (tertiary/aromatic N) is 3. The molecule has 6 nitrogen and oxygen atoms in total. The summed E-state index contributed by atoms with van der Waals surface area (Å²) in [5.41, 5.74) is 1.46. The van der Waals surface area contributed by atoms with Gasteiger partial charge in [-0.05, 0) is 61.9 Å². The third-order valence-corrected chi connectivity index (χ3v) is 6.07. The average molecular weight is 510 g/mol. The fourth-order valence-electron chi connectivity index (χ4n) is 3.47. The van der Waals surface area contributed by atoms with Crippen LogP contribution in [-0.4, -0.2) is 34.0 Å². The first-order valence-corrected chi connectivity index (χ1v) is 11.1. The van der Waals surface area contributed by atoms with Gasteiger partial charge < -0.3 is 9.84 Å². The van der Waals surface area contributed by atoms with Crippen molar-refractivity contribution in [3.8, 4) is 11.4 Å². The first kappa shape index (κ1) is 21.3. The minimum Gasteiger partial charge on any atom is -0.338 e.